The standard InChI is InChI=1S/C19H28N2/c1-4-17-12(2)18(21-13(17)3)11-20-19-8-14-5-15(9-19)7-16(6-14)10-19/h11,14-16,20H,4-10H2,1-3H3/b18-11-. The van der Waals surface area contributed by atoms with Gasteiger partial charge in [0, 0.05) is 17.5 Å². The second-order valence-electron chi connectivity index (χ2n) is 8.03. The molecular formula is C19H28N2. The van der Waals surface area contributed by atoms with Crippen LogP contribution in [-0.4, -0.2) is 11.3 Å². The molecule has 0 aromatic rings. The van der Waals surface area contributed by atoms with Crippen molar-refractivity contribution in [2.45, 2.75) is 71.3 Å². The first-order valence-corrected chi connectivity index (χ1v) is 8.82. The summed E-state index contributed by atoms with van der Waals surface area (Å²) in [7, 11) is 0. The van der Waals surface area contributed by atoms with Gasteiger partial charge >= 0.3 is 0 Å². The third kappa shape index (κ3) is 2.18. The van der Waals surface area contributed by atoms with Crippen molar-refractivity contribution in [1.82, 2.24) is 5.32 Å². The Kier molecular flexibility index (Phi) is 3.06. The van der Waals surface area contributed by atoms with Crippen molar-refractivity contribution in [1.29, 1.82) is 0 Å². The predicted octanol–water partition coefficient (Wildman–Crippen LogP) is 4.59. The number of allylic oxidation sites excluding steroid dienone is 2. The molecule has 21 heavy (non-hydrogen) atoms. The maximum atomic E-state index is 4.78. The van der Waals surface area contributed by atoms with Gasteiger partial charge in [0.15, 0.2) is 0 Å². The molecule has 0 spiro atoms. The Balaban J connectivity index is 1.55. The van der Waals surface area contributed by atoms with Crippen LogP contribution in [0.4, 0.5) is 0 Å². The number of rotatable bonds is 3. The van der Waals surface area contributed by atoms with Gasteiger partial charge in [0.1, 0.15) is 0 Å². The zero-order valence-electron chi connectivity index (χ0n) is 13.7. The van der Waals surface area contributed by atoms with E-state index in [2.05, 4.69) is 32.3 Å². The van der Waals surface area contributed by atoms with Crippen LogP contribution in [0, 0.1) is 17.8 Å². The number of nitrogens with zero attached hydrogens (tertiary/aromatic N) is 1. The highest BCUT2D eigenvalue weighted by Crippen LogP contribution is 2.55. The molecule has 4 bridgehead atoms. The van der Waals surface area contributed by atoms with Crippen molar-refractivity contribution >= 4 is 5.71 Å². The minimum absolute atomic E-state index is 0.403. The van der Waals surface area contributed by atoms with Crippen LogP contribution in [0.3, 0.4) is 0 Å². The minimum atomic E-state index is 0.403. The lowest BCUT2D eigenvalue weighted by molar-refractivity contribution is -0.0130. The topological polar surface area (TPSA) is 24.4 Å². The molecule has 1 aliphatic heterocycles. The lowest BCUT2D eigenvalue weighted by atomic mass is 9.53. The van der Waals surface area contributed by atoms with E-state index in [9.17, 15) is 0 Å². The Morgan fingerprint density at radius 3 is 2.14 bits per heavy atom. The first-order valence-electron chi connectivity index (χ1n) is 8.82. The van der Waals surface area contributed by atoms with Crippen molar-refractivity contribution < 1.29 is 0 Å². The normalized spacial score (nSPS) is 42.9. The maximum absolute atomic E-state index is 4.78. The van der Waals surface area contributed by atoms with Gasteiger partial charge in [-0.25, -0.2) is 0 Å². The summed E-state index contributed by atoms with van der Waals surface area (Å²) in [4.78, 5) is 4.78. The fourth-order valence-corrected chi connectivity index (χ4v) is 5.93. The number of hydrogen-bond donors (Lipinski definition) is 1. The zero-order valence-corrected chi connectivity index (χ0v) is 13.7. The van der Waals surface area contributed by atoms with Crippen LogP contribution in [0.15, 0.2) is 28.0 Å². The van der Waals surface area contributed by atoms with Gasteiger partial charge in [-0.15, -0.1) is 0 Å². The Labute approximate surface area is 128 Å². The molecule has 1 heterocycles. The van der Waals surface area contributed by atoms with Gasteiger partial charge in [0.05, 0.1) is 5.70 Å². The van der Waals surface area contributed by atoms with Gasteiger partial charge < -0.3 is 5.32 Å². The molecule has 0 saturated heterocycles. The highest BCUT2D eigenvalue weighted by Gasteiger charge is 2.50. The molecule has 0 atom stereocenters. The van der Waals surface area contributed by atoms with Crippen molar-refractivity contribution in [3.05, 3.63) is 23.0 Å². The van der Waals surface area contributed by atoms with Crippen molar-refractivity contribution in [3.8, 4) is 0 Å². The average molecular weight is 284 g/mol. The second kappa shape index (κ2) is 4.72. The van der Waals surface area contributed by atoms with Gasteiger partial charge in [-0.2, -0.15) is 0 Å². The third-order valence-electron chi connectivity index (χ3n) is 6.47. The Morgan fingerprint density at radius 1 is 1.10 bits per heavy atom. The molecule has 4 saturated carbocycles. The highest BCUT2D eigenvalue weighted by atomic mass is 15.0. The van der Waals surface area contributed by atoms with Crippen LogP contribution in [0.25, 0.3) is 0 Å². The molecule has 5 aliphatic rings. The lowest BCUT2D eigenvalue weighted by Crippen LogP contribution is -2.57. The van der Waals surface area contributed by atoms with E-state index >= 15 is 0 Å². The van der Waals surface area contributed by atoms with E-state index in [-0.39, 0.29) is 0 Å². The Bertz CT molecular complexity index is 515. The molecule has 2 heteroatoms. The smallest absolute Gasteiger partial charge is 0.0822 e. The second-order valence-corrected chi connectivity index (χ2v) is 8.03. The molecule has 1 N–H and O–H groups in total. The summed E-state index contributed by atoms with van der Waals surface area (Å²) in [6, 6.07) is 0. The van der Waals surface area contributed by atoms with Crippen LogP contribution < -0.4 is 5.32 Å². The summed E-state index contributed by atoms with van der Waals surface area (Å²) in [5.41, 5.74) is 5.62. The molecule has 114 valence electrons. The number of hydrogen-bond acceptors (Lipinski definition) is 2. The van der Waals surface area contributed by atoms with E-state index in [1.54, 1.807) is 0 Å². The van der Waals surface area contributed by atoms with Crippen LogP contribution in [-0.2, 0) is 0 Å². The first-order chi connectivity index (χ1) is 10.1. The quantitative estimate of drug-likeness (QED) is 0.805. The predicted molar refractivity (Wildman–Crippen MR) is 88.2 cm³/mol. The maximum Gasteiger partial charge on any atom is 0.0822 e. The number of aliphatic imine (C=N–C) groups is 1. The molecule has 2 nitrogen and oxygen atoms in total. The van der Waals surface area contributed by atoms with E-state index in [0.717, 1.165) is 24.2 Å². The molecule has 5 rings (SSSR count). The fourth-order valence-electron chi connectivity index (χ4n) is 5.93. The van der Waals surface area contributed by atoms with Gasteiger partial charge in [-0.3, -0.25) is 4.99 Å². The average Bonchev–Trinajstić information content (AvgIpc) is 2.69. The van der Waals surface area contributed by atoms with Crippen molar-refractivity contribution in [2.24, 2.45) is 22.7 Å². The Hall–Kier alpha value is -1.05. The SMILES string of the molecule is CCC1=C(C)/C(=C/NC23CC4CC(CC(C4)C2)C3)N=C1C. The summed E-state index contributed by atoms with van der Waals surface area (Å²) in [5, 5.41) is 3.86. The first kappa shape index (κ1) is 13.6. The molecule has 0 aromatic carbocycles. The third-order valence-corrected chi connectivity index (χ3v) is 6.47. The van der Waals surface area contributed by atoms with Crippen LogP contribution >= 0.6 is 0 Å². The molecule has 0 amide bonds. The summed E-state index contributed by atoms with van der Waals surface area (Å²) < 4.78 is 0. The largest absolute Gasteiger partial charge is 0.384 e. The van der Waals surface area contributed by atoms with Crippen LogP contribution in [0.1, 0.15) is 65.7 Å². The monoisotopic (exact) mass is 284 g/mol. The van der Waals surface area contributed by atoms with Crippen molar-refractivity contribution in [2.75, 3.05) is 0 Å². The lowest BCUT2D eigenvalue weighted by Gasteiger charge is -2.57. The highest BCUT2D eigenvalue weighted by molar-refractivity contribution is 6.02. The molecule has 0 radical (unpaired) electrons. The van der Waals surface area contributed by atoms with E-state index in [0.29, 0.717) is 5.54 Å². The van der Waals surface area contributed by atoms with Gasteiger partial charge in [-0.1, -0.05) is 6.92 Å². The molecule has 4 aliphatic carbocycles. The minimum Gasteiger partial charge on any atom is -0.384 e. The number of nitrogens with one attached hydrogen (secondary N) is 1. The van der Waals surface area contributed by atoms with Crippen LogP contribution in [0.5, 0.6) is 0 Å². The summed E-state index contributed by atoms with van der Waals surface area (Å²) in [6.07, 6.45) is 12.1. The van der Waals surface area contributed by atoms with Gasteiger partial charge in [0.25, 0.3) is 0 Å². The molecule has 4 fully saturated rings. The van der Waals surface area contributed by atoms with Crippen LogP contribution in [0.2, 0.25) is 0 Å². The van der Waals surface area contributed by atoms with E-state index in [4.69, 9.17) is 4.99 Å². The van der Waals surface area contributed by atoms with Gasteiger partial charge in [-0.05, 0) is 87.7 Å². The van der Waals surface area contributed by atoms with E-state index in [1.807, 2.05) is 0 Å². The van der Waals surface area contributed by atoms with E-state index in [1.165, 1.54) is 61.1 Å². The molecule has 0 unspecified atom stereocenters. The Morgan fingerprint density at radius 2 is 1.67 bits per heavy atom. The van der Waals surface area contributed by atoms with Crippen molar-refractivity contribution in [3.63, 3.8) is 0 Å². The van der Waals surface area contributed by atoms with Gasteiger partial charge in [0.2, 0.25) is 0 Å². The summed E-state index contributed by atoms with van der Waals surface area (Å²) in [5.74, 6) is 3.00. The summed E-state index contributed by atoms with van der Waals surface area (Å²) >= 11 is 0. The molecule has 0 aromatic heterocycles. The zero-order chi connectivity index (χ0) is 14.6. The van der Waals surface area contributed by atoms with E-state index < -0.39 is 0 Å². The molecular weight excluding hydrogens is 256 g/mol. The summed E-state index contributed by atoms with van der Waals surface area (Å²) in [6.45, 7) is 6.60. The fraction of sp³-hybridized carbons (Fsp3) is 0.737.